The molecule has 0 spiro atoms. The maximum Gasteiger partial charge on any atom is 0.333 e. The summed E-state index contributed by atoms with van der Waals surface area (Å²) in [5.74, 6) is -0.146. The molecule has 3 heteroatoms. The van der Waals surface area contributed by atoms with Gasteiger partial charge >= 0.3 is 5.97 Å². The molecule has 0 unspecified atom stereocenters. The number of likely N-dealkylation sites (tertiary alicyclic amines) is 1. The molecule has 0 saturated carbocycles. The fourth-order valence-corrected chi connectivity index (χ4v) is 1.65. The zero-order chi connectivity index (χ0) is 10.6. The molecule has 0 aromatic heterocycles. The van der Waals surface area contributed by atoms with Gasteiger partial charge < -0.3 is 9.64 Å². The highest BCUT2D eigenvalue weighted by Gasteiger charge is 2.16. The Balaban J connectivity index is 2.59. The highest BCUT2D eigenvalue weighted by Crippen LogP contribution is 2.19. The van der Waals surface area contributed by atoms with Gasteiger partial charge in [-0.3, -0.25) is 0 Å². The molecule has 1 rings (SSSR count). The van der Waals surface area contributed by atoms with Crippen LogP contribution in [0.25, 0.3) is 0 Å². The third-order valence-electron chi connectivity index (χ3n) is 2.70. The molecule has 80 valence electrons. The molecule has 0 amide bonds. The molecule has 1 saturated heterocycles. The molecule has 0 aliphatic carbocycles. The van der Waals surface area contributed by atoms with Gasteiger partial charge in [-0.15, -0.1) is 0 Å². The molecule has 0 atom stereocenters. The standard InChI is InChI=1S/C11H19NO2/c1-4-14-11(13)9(2)10-5-7-12(3)8-6-10/h4-8H2,1-3H3. The van der Waals surface area contributed by atoms with Crippen LogP contribution in [0.4, 0.5) is 0 Å². The Bertz CT molecular complexity index is 236. The van der Waals surface area contributed by atoms with E-state index in [-0.39, 0.29) is 5.97 Å². The zero-order valence-electron chi connectivity index (χ0n) is 9.30. The number of carbonyl (C=O) groups excluding carboxylic acids is 1. The number of esters is 1. The number of nitrogens with zero attached hydrogens (tertiary/aromatic N) is 1. The Labute approximate surface area is 85.7 Å². The van der Waals surface area contributed by atoms with Crippen LogP contribution in [0.3, 0.4) is 0 Å². The van der Waals surface area contributed by atoms with Gasteiger partial charge in [0.1, 0.15) is 0 Å². The van der Waals surface area contributed by atoms with Crippen LogP contribution in [0.1, 0.15) is 26.7 Å². The van der Waals surface area contributed by atoms with Crippen molar-refractivity contribution in [3.8, 4) is 0 Å². The number of carbonyl (C=O) groups is 1. The van der Waals surface area contributed by atoms with Gasteiger partial charge in [-0.2, -0.15) is 0 Å². The van der Waals surface area contributed by atoms with Crippen LogP contribution in [-0.4, -0.2) is 37.6 Å². The normalized spacial score (nSPS) is 18.1. The minimum Gasteiger partial charge on any atom is -0.463 e. The third kappa shape index (κ3) is 2.84. The number of piperidine rings is 1. The van der Waals surface area contributed by atoms with Gasteiger partial charge in [0.05, 0.1) is 6.61 Å². The van der Waals surface area contributed by atoms with Crippen molar-refractivity contribution in [1.29, 1.82) is 0 Å². The van der Waals surface area contributed by atoms with Gasteiger partial charge in [0.15, 0.2) is 0 Å². The van der Waals surface area contributed by atoms with Crippen molar-refractivity contribution in [2.75, 3.05) is 26.7 Å². The first kappa shape index (κ1) is 11.2. The Morgan fingerprint density at radius 3 is 2.50 bits per heavy atom. The summed E-state index contributed by atoms with van der Waals surface area (Å²) in [7, 11) is 2.11. The molecule has 0 aromatic carbocycles. The SMILES string of the molecule is CCOC(=O)C(C)=C1CCN(C)CC1. The fraction of sp³-hybridized carbons (Fsp3) is 0.727. The van der Waals surface area contributed by atoms with Crippen LogP contribution in [0.2, 0.25) is 0 Å². The highest BCUT2D eigenvalue weighted by atomic mass is 16.5. The van der Waals surface area contributed by atoms with Crippen molar-refractivity contribution in [2.24, 2.45) is 0 Å². The van der Waals surface area contributed by atoms with Crippen LogP contribution in [-0.2, 0) is 9.53 Å². The first-order valence-corrected chi connectivity index (χ1v) is 5.19. The summed E-state index contributed by atoms with van der Waals surface area (Å²) >= 11 is 0. The summed E-state index contributed by atoms with van der Waals surface area (Å²) in [6.07, 6.45) is 2.00. The monoisotopic (exact) mass is 197 g/mol. The summed E-state index contributed by atoms with van der Waals surface area (Å²) in [5, 5.41) is 0. The minimum absolute atomic E-state index is 0.146. The van der Waals surface area contributed by atoms with Gasteiger partial charge in [0.25, 0.3) is 0 Å². The van der Waals surface area contributed by atoms with E-state index in [2.05, 4.69) is 11.9 Å². The molecule has 14 heavy (non-hydrogen) atoms. The zero-order valence-corrected chi connectivity index (χ0v) is 9.30. The molecule has 0 radical (unpaired) electrons. The second-order valence-electron chi connectivity index (χ2n) is 3.75. The lowest BCUT2D eigenvalue weighted by molar-refractivity contribution is -0.138. The summed E-state index contributed by atoms with van der Waals surface area (Å²) in [6.45, 7) is 6.27. The number of rotatable bonds is 2. The summed E-state index contributed by atoms with van der Waals surface area (Å²) < 4.78 is 4.97. The highest BCUT2D eigenvalue weighted by molar-refractivity contribution is 5.88. The quantitative estimate of drug-likeness (QED) is 0.497. The van der Waals surface area contributed by atoms with E-state index in [0.29, 0.717) is 6.61 Å². The van der Waals surface area contributed by atoms with Gasteiger partial charge in [0.2, 0.25) is 0 Å². The van der Waals surface area contributed by atoms with Crippen molar-refractivity contribution >= 4 is 5.97 Å². The molecule has 1 aliphatic rings. The minimum atomic E-state index is -0.146. The van der Waals surface area contributed by atoms with E-state index in [1.54, 1.807) is 0 Å². The van der Waals surface area contributed by atoms with Crippen LogP contribution < -0.4 is 0 Å². The lowest BCUT2D eigenvalue weighted by atomic mass is 9.99. The predicted octanol–water partition coefficient (Wildman–Crippen LogP) is 1.59. The first-order valence-electron chi connectivity index (χ1n) is 5.19. The molecule has 1 fully saturated rings. The van der Waals surface area contributed by atoms with Gasteiger partial charge in [-0.05, 0) is 33.7 Å². The lowest BCUT2D eigenvalue weighted by Gasteiger charge is -2.25. The van der Waals surface area contributed by atoms with Crippen LogP contribution in [0.5, 0.6) is 0 Å². The van der Waals surface area contributed by atoms with Gasteiger partial charge in [-0.1, -0.05) is 5.57 Å². The molecule has 0 N–H and O–H groups in total. The lowest BCUT2D eigenvalue weighted by Crippen LogP contribution is -2.27. The Morgan fingerprint density at radius 2 is 2.00 bits per heavy atom. The molecule has 1 aliphatic heterocycles. The first-order chi connectivity index (χ1) is 6.65. The second kappa shape index (κ2) is 5.15. The maximum atomic E-state index is 11.4. The number of hydrogen-bond donors (Lipinski definition) is 0. The Hall–Kier alpha value is -0.830. The second-order valence-corrected chi connectivity index (χ2v) is 3.75. The van der Waals surface area contributed by atoms with E-state index >= 15 is 0 Å². The molecular formula is C11H19NO2. The molecule has 0 bridgehead atoms. The molecular weight excluding hydrogens is 178 g/mol. The molecule has 0 aromatic rings. The van der Waals surface area contributed by atoms with E-state index in [4.69, 9.17) is 4.74 Å². The van der Waals surface area contributed by atoms with Crippen molar-refractivity contribution in [3.63, 3.8) is 0 Å². The van der Waals surface area contributed by atoms with Crippen molar-refractivity contribution in [2.45, 2.75) is 26.7 Å². The predicted molar refractivity (Wildman–Crippen MR) is 56.1 cm³/mol. The Kier molecular flexibility index (Phi) is 4.14. The summed E-state index contributed by atoms with van der Waals surface area (Å²) in [4.78, 5) is 13.7. The van der Waals surface area contributed by atoms with Crippen molar-refractivity contribution < 1.29 is 9.53 Å². The number of ether oxygens (including phenoxy) is 1. The molecule has 1 heterocycles. The summed E-state index contributed by atoms with van der Waals surface area (Å²) in [6, 6.07) is 0. The number of hydrogen-bond acceptors (Lipinski definition) is 3. The largest absolute Gasteiger partial charge is 0.463 e. The van der Waals surface area contributed by atoms with E-state index < -0.39 is 0 Å². The van der Waals surface area contributed by atoms with Gasteiger partial charge in [0, 0.05) is 18.7 Å². The van der Waals surface area contributed by atoms with Crippen LogP contribution in [0.15, 0.2) is 11.1 Å². The topological polar surface area (TPSA) is 29.5 Å². The fourth-order valence-electron chi connectivity index (χ4n) is 1.65. The van der Waals surface area contributed by atoms with E-state index in [1.807, 2.05) is 13.8 Å². The van der Waals surface area contributed by atoms with Gasteiger partial charge in [-0.25, -0.2) is 4.79 Å². The van der Waals surface area contributed by atoms with Crippen LogP contribution in [0, 0.1) is 0 Å². The van der Waals surface area contributed by atoms with E-state index in [9.17, 15) is 4.79 Å². The van der Waals surface area contributed by atoms with Crippen molar-refractivity contribution in [3.05, 3.63) is 11.1 Å². The van der Waals surface area contributed by atoms with Crippen molar-refractivity contribution in [1.82, 2.24) is 4.90 Å². The Morgan fingerprint density at radius 1 is 1.43 bits per heavy atom. The third-order valence-corrected chi connectivity index (χ3v) is 2.70. The van der Waals surface area contributed by atoms with Crippen LogP contribution >= 0.6 is 0 Å². The van der Waals surface area contributed by atoms with E-state index in [0.717, 1.165) is 31.5 Å². The average molecular weight is 197 g/mol. The maximum absolute atomic E-state index is 11.4. The average Bonchev–Trinajstić information content (AvgIpc) is 2.18. The smallest absolute Gasteiger partial charge is 0.333 e. The van der Waals surface area contributed by atoms with E-state index in [1.165, 1.54) is 5.57 Å². The molecule has 3 nitrogen and oxygen atoms in total. The summed E-state index contributed by atoms with van der Waals surface area (Å²) in [5.41, 5.74) is 2.08.